The highest BCUT2D eigenvalue weighted by molar-refractivity contribution is 7.71. The van der Waals surface area contributed by atoms with Gasteiger partial charge in [-0.3, -0.25) is 14.5 Å². The molecule has 3 aromatic carbocycles. The highest BCUT2D eigenvalue weighted by atomic mass is 35.5. The molecule has 0 saturated heterocycles. The fourth-order valence-electron chi connectivity index (χ4n) is 3.37. The van der Waals surface area contributed by atoms with Crippen molar-refractivity contribution in [3.8, 4) is 11.4 Å². The van der Waals surface area contributed by atoms with Crippen LogP contribution in [-0.2, 0) is 35.8 Å². The summed E-state index contributed by atoms with van der Waals surface area (Å²) in [6.07, 6.45) is 0. The van der Waals surface area contributed by atoms with Crippen LogP contribution in [0.3, 0.4) is 0 Å². The first-order valence-corrected chi connectivity index (χ1v) is 11.2. The van der Waals surface area contributed by atoms with E-state index in [-0.39, 0.29) is 12.5 Å². The minimum Gasteiger partial charge on any atom is -0.372 e. The van der Waals surface area contributed by atoms with Crippen LogP contribution < -0.4 is 5.32 Å². The van der Waals surface area contributed by atoms with Crippen molar-refractivity contribution in [2.24, 2.45) is 0 Å². The lowest BCUT2D eigenvalue weighted by molar-refractivity contribution is -0.121. The Morgan fingerprint density at radius 2 is 1.67 bits per heavy atom. The van der Waals surface area contributed by atoms with E-state index in [0.29, 0.717) is 35.4 Å². The number of carbonyl (C=O) groups excluding carboxylic acids is 1. The lowest BCUT2D eigenvalue weighted by Gasteiger charge is -2.10. The van der Waals surface area contributed by atoms with Gasteiger partial charge < -0.3 is 10.1 Å². The summed E-state index contributed by atoms with van der Waals surface area (Å²) in [5.41, 5.74) is 4.01. The van der Waals surface area contributed by atoms with Crippen molar-refractivity contribution in [2.75, 3.05) is 0 Å². The Morgan fingerprint density at radius 1 is 0.970 bits per heavy atom. The van der Waals surface area contributed by atoms with Gasteiger partial charge in [-0.15, -0.1) is 0 Å². The van der Waals surface area contributed by atoms with E-state index in [2.05, 4.69) is 15.5 Å². The van der Waals surface area contributed by atoms with E-state index in [1.807, 2.05) is 66.7 Å². The number of ether oxygens (including phenoxy) is 1. The van der Waals surface area contributed by atoms with E-state index < -0.39 is 0 Å². The van der Waals surface area contributed by atoms with Gasteiger partial charge in [0.1, 0.15) is 6.54 Å². The lowest BCUT2D eigenvalue weighted by Crippen LogP contribution is -2.27. The van der Waals surface area contributed by atoms with E-state index >= 15 is 0 Å². The second-order valence-electron chi connectivity index (χ2n) is 7.52. The van der Waals surface area contributed by atoms with E-state index in [4.69, 9.17) is 28.6 Å². The van der Waals surface area contributed by atoms with Crippen LogP contribution in [0.25, 0.3) is 11.4 Å². The molecule has 0 saturated carbocycles. The smallest absolute Gasteiger partial charge is 0.240 e. The van der Waals surface area contributed by atoms with Crippen molar-refractivity contribution >= 4 is 29.7 Å². The maximum Gasteiger partial charge on any atom is 0.240 e. The Balaban J connectivity index is 1.32. The average Bonchev–Trinajstić information content (AvgIpc) is 3.19. The fraction of sp³-hybridized carbons (Fsp3) is 0.160. The van der Waals surface area contributed by atoms with E-state index in [1.54, 1.807) is 16.7 Å². The number of aromatic nitrogens is 3. The Hall–Kier alpha value is -3.26. The number of benzene rings is 3. The van der Waals surface area contributed by atoms with Crippen LogP contribution >= 0.6 is 23.8 Å². The van der Waals surface area contributed by atoms with Gasteiger partial charge in [-0.2, -0.15) is 5.10 Å². The molecule has 1 amide bonds. The third-order valence-electron chi connectivity index (χ3n) is 5.02. The Morgan fingerprint density at radius 3 is 2.45 bits per heavy atom. The third kappa shape index (κ3) is 6.38. The van der Waals surface area contributed by atoms with Crippen molar-refractivity contribution in [3.05, 3.63) is 105 Å². The number of rotatable bonds is 9. The van der Waals surface area contributed by atoms with E-state index in [0.717, 1.165) is 22.3 Å². The Labute approximate surface area is 202 Å². The number of aromatic amines is 1. The lowest BCUT2D eigenvalue weighted by atomic mass is 10.1. The van der Waals surface area contributed by atoms with Crippen LogP contribution in [0.2, 0.25) is 5.02 Å². The molecule has 6 nitrogen and oxygen atoms in total. The van der Waals surface area contributed by atoms with Gasteiger partial charge in [0.2, 0.25) is 5.91 Å². The fourth-order valence-corrected chi connectivity index (χ4v) is 3.70. The van der Waals surface area contributed by atoms with Gasteiger partial charge >= 0.3 is 0 Å². The van der Waals surface area contributed by atoms with Crippen molar-refractivity contribution < 1.29 is 9.53 Å². The maximum absolute atomic E-state index is 12.6. The summed E-state index contributed by atoms with van der Waals surface area (Å²) in [7, 11) is 0. The number of carbonyl (C=O) groups is 1. The zero-order chi connectivity index (χ0) is 23.0. The van der Waals surface area contributed by atoms with Crippen LogP contribution in [0, 0.1) is 4.77 Å². The molecule has 0 atom stereocenters. The van der Waals surface area contributed by atoms with Crippen LogP contribution in [0.4, 0.5) is 0 Å². The zero-order valence-electron chi connectivity index (χ0n) is 17.8. The first-order valence-electron chi connectivity index (χ1n) is 10.5. The number of halogens is 1. The molecule has 1 aromatic heterocycles. The van der Waals surface area contributed by atoms with Crippen molar-refractivity contribution in [3.63, 3.8) is 0 Å². The highest BCUT2D eigenvalue weighted by Crippen LogP contribution is 2.20. The average molecular weight is 479 g/mol. The molecule has 0 aliphatic carbocycles. The van der Waals surface area contributed by atoms with Crippen molar-refractivity contribution in [1.29, 1.82) is 0 Å². The predicted octanol–water partition coefficient (Wildman–Crippen LogP) is 5.29. The quantitative estimate of drug-likeness (QED) is 0.320. The van der Waals surface area contributed by atoms with Gasteiger partial charge in [0.15, 0.2) is 10.6 Å². The summed E-state index contributed by atoms with van der Waals surface area (Å²) in [6, 6.07) is 25.3. The SMILES string of the molecule is O=C(Cn1c(-c2ccc(Cl)cc2)n[nH]c1=S)NCc1cccc(COCc2ccccc2)c1. The molecule has 2 N–H and O–H groups in total. The summed E-state index contributed by atoms with van der Waals surface area (Å²) in [5, 5.41) is 10.6. The Kier molecular flexibility index (Phi) is 7.67. The number of hydrogen-bond donors (Lipinski definition) is 2. The summed E-state index contributed by atoms with van der Waals surface area (Å²) in [5.74, 6) is 0.429. The molecule has 1 heterocycles. The first-order chi connectivity index (χ1) is 16.1. The van der Waals surface area contributed by atoms with Crippen LogP contribution in [0.5, 0.6) is 0 Å². The largest absolute Gasteiger partial charge is 0.372 e. The topological polar surface area (TPSA) is 71.9 Å². The summed E-state index contributed by atoms with van der Waals surface area (Å²) in [6.45, 7) is 1.54. The minimum absolute atomic E-state index is 0.0627. The van der Waals surface area contributed by atoms with E-state index in [9.17, 15) is 4.79 Å². The molecule has 33 heavy (non-hydrogen) atoms. The van der Waals surface area contributed by atoms with Crippen LogP contribution in [-0.4, -0.2) is 20.7 Å². The molecule has 0 bridgehead atoms. The van der Waals surface area contributed by atoms with Crippen molar-refractivity contribution in [1.82, 2.24) is 20.1 Å². The number of amides is 1. The minimum atomic E-state index is -0.159. The number of nitrogens with zero attached hydrogens (tertiary/aromatic N) is 2. The molecule has 0 spiro atoms. The standard InChI is InChI=1S/C25H23ClN4O2S/c26-22-11-9-21(10-12-22)24-28-29-25(33)30(24)15-23(31)27-14-19-7-4-8-20(13-19)17-32-16-18-5-2-1-3-6-18/h1-13H,14-17H2,(H,27,31)(H,29,33). The number of hydrogen-bond acceptors (Lipinski definition) is 4. The molecular formula is C25H23ClN4O2S. The van der Waals surface area contributed by atoms with Gasteiger partial charge in [0.05, 0.1) is 13.2 Å². The van der Waals surface area contributed by atoms with Gasteiger partial charge in [0, 0.05) is 17.1 Å². The van der Waals surface area contributed by atoms with Crippen molar-refractivity contribution in [2.45, 2.75) is 26.3 Å². The molecule has 0 aliphatic heterocycles. The van der Waals surface area contributed by atoms with Gasteiger partial charge in [-0.25, -0.2) is 0 Å². The third-order valence-corrected chi connectivity index (χ3v) is 5.59. The van der Waals surface area contributed by atoms with Crippen LogP contribution in [0.1, 0.15) is 16.7 Å². The maximum atomic E-state index is 12.6. The van der Waals surface area contributed by atoms with Gasteiger partial charge in [0.25, 0.3) is 0 Å². The van der Waals surface area contributed by atoms with Gasteiger partial charge in [-0.05, 0) is 53.2 Å². The highest BCUT2D eigenvalue weighted by Gasteiger charge is 2.12. The second kappa shape index (κ2) is 11.0. The molecule has 0 radical (unpaired) electrons. The molecule has 0 aliphatic rings. The first kappa shape index (κ1) is 22.9. The normalized spacial score (nSPS) is 10.8. The number of H-pyrrole nitrogens is 1. The predicted molar refractivity (Wildman–Crippen MR) is 131 cm³/mol. The molecular weight excluding hydrogens is 456 g/mol. The molecule has 4 rings (SSSR count). The number of nitrogens with one attached hydrogen (secondary N) is 2. The zero-order valence-corrected chi connectivity index (χ0v) is 19.4. The summed E-state index contributed by atoms with van der Waals surface area (Å²) in [4.78, 5) is 12.6. The van der Waals surface area contributed by atoms with Gasteiger partial charge in [-0.1, -0.05) is 66.2 Å². The summed E-state index contributed by atoms with van der Waals surface area (Å²) < 4.78 is 7.86. The Bertz CT molecular complexity index is 1270. The molecule has 168 valence electrons. The summed E-state index contributed by atoms with van der Waals surface area (Å²) >= 11 is 11.3. The molecule has 0 unspecified atom stereocenters. The van der Waals surface area contributed by atoms with Crippen LogP contribution in [0.15, 0.2) is 78.9 Å². The molecule has 4 aromatic rings. The monoisotopic (exact) mass is 478 g/mol. The second-order valence-corrected chi connectivity index (χ2v) is 8.34. The van der Waals surface area contributed by atoms with E-state index in [1.165, 1.54) is 0 Å². The molecule has 8 heteroatoms. The molecule has 0 fully saturated rings.